The third-order valence-electron chi connectivity index (χ3n) is 4.19. The predicted molar refractivity (Wildman–Crippen MR) is 95.2 cm³/mol. The van der Waals surface area contributed by atoms with E-state index in [1.807, 2.05) is 0 Å². The molecule has 1 aliphatic rings. The molecule has 27 heavy (non-hydrogen) atoms. The minimum Gasteiger partial charge on any atom is -0.304 e. The molecule has 0 radical (unpaired) electrons. The molecule has 4 nitrogen and oxygen atoms in total. The van der Waals surface area contributed by atoms with Gasteiger partial charge < -0.3 is 4.90 Å². The zero-order valence-electron chi connectivity index (χ0n) is 13.9. The van der Waals surface area contributed by atoms with Gasteiger partial charge in [0.2, 0.25) is 0 Å². The molecule has 142 valence electrons. The molecule has 0 spiro atoms. The maximum atomic E-state index is 14.0. The Morgan fingerprint density at radius 1 is 1.11 bits per heavy atom. The lowest BCUT2D eigenvalue weighted by Gasteiger charge is -2.41. The molecule has 1 atom stereocenters. The standard InChI is InChI=1S/C18H13BrF4N2O2/c1-10-9-24(16(26)12-4-2-3-5-13(12)20)15-8-11(19)6-7-14(15)25(10)17(27)18(21,22)23/h2-8,10H,9H2,1H3/t10-/m0/s1. The summed E-state index contributed by atoms with van der Waals surface area (Å²) in [6.45, 7) is 1.19. The predicted octanol–water partition coefficient (Wildman–Crippen LogP) is 4.53. The van der Waals surface area contributed by atoms with Crippen LogP contribution in [0, 0.1) is 5.82 Å². The molecular formula is C18H13BrF4N2O2. The monoisotopic (exact) mass is 444 g/mol. The van der Waals surface area contributed by atoms with E-state index >= 15 is 0 Å². The van der Waals surface area contributed by atoms with Crippen LogP contribution in [0.3, 0.4) is 0 Å². The molecule has 0 unspecified atom stereocenters. The number of halogens is 5. The third-order valence-corrected chi connectivity index (χ3v) is 4.68. The number of benzene rings is 2. The quantitative estimate of drug-likeness (QED) is 0.606. The SMILES string of the molecule is C[C@H]1CN(C(=O)c2ccccc2F)c2cc(Br)ccc2N1C(=O)C(F)(F)F. The average molecular weight is 445 g/mol. The lowest BCUT2D eigenvalue weighted by Crippen LogP contribution is -2.55. The lowest BCUT2D eigenvalue weighted by molar-refractivity contribution is -0.170. The number of hydrogen-bond acceptors (Lipinski definition) is 2. The lowest BCUT2D eigenvalue weighted by atomic mass is 10.1. The Balaban J connectivity index is 2.11. The van der Waals surface area contributed by atoms with Crippen LogP contribution in [-0.4, -0.2) is 30.6 Å². The van der Waals surface area contributed by atoms with Crippen LogP contribution in [0.15, 0.2) is 46.9 Å². The Bertz CT molecular complexity index is 916. The summed E-state index contributed by atoms with van der Waals surface area (Å²) in [6, 6.07) is 8.61. The van der Waals surface area contributed by atoms with Gasteiger partial charge in [0, 0.05) is 11.0 Å². The number of amides is 2. The van der Waals surface area contributed by atoms with Gasteiger partial charge in [0.1, 0.15) is 5.82 Å². The average Bonchev–Trinajstić information content (AvgIpc) is 2.60. The summed E-state index contributed by atoms with van der Waals surface area (Å²) in [6.07, 6.45) is -5.06. The first-order chi connectivity index (χ1) is 12.6. The highest BCUT2D eigenvalue weighted by molar-refractivity contribution is 9.10. The van der Waals surface area contributed by atoms with Crippen LogP contribution in [-0.2, 0) is 4.79 Å². The number of hydrogen-bond donors (Lipinski definition) is 0. The zero-order valence-corrected chi connectivity index (χ0v) is 15.5. The Hall–Kier alpha value is -2.42. The summed E-state index contributed by atoms with van der Waals surface area (Å²) >= 11 is 3.21. The van der Waals surface area contributed by atoms with Gasteiger partial charge in [-0.25, -0.2) is 4.39 Å². The molecule has 0 saturated heterocycles. The first-order valence-corrected chi connectivity index (χ1v) is 8.67. The Kier molecular flexibility index (Phi) is 4.98. The normalized spacial score (nSPS) is 16.9. The molecule has 0 aromatic heterocycles. The molecular weight excluding hydrogens is 432 g/mol. The van der Waals surface area contributed by atoms with Crippen LogP contribution in [0.25, 0.3) is 0 Å². The van der Waals surface area contributed by atoms with Crippen LogP contribution in [0.1, 0.15) is 17.3 Å². The maximum absolute atomic E-state index is 14.0. The molecule has 9 heteroatoms. The first kappa shape index (κ1) is 19.3. The van der Waals surface area contributed by atoms with E-state index in [-0.39, 0.29) is 23.5 Å². The van der Waals surface area contributed by atoms with Crippen molar-refractivity contribution in [3.05, 3.63) is 58.3 Å². The minimum absolute atomic E-state index is 0.0658. The molecule has 2 aromatic carbocycles. The van der Waals surface area contributed by atoms with E-state index in [1.165, 1.54) is 48.2 Å². The van der Waals surface area contributed by atoms with Crippen LogP contribution in [0.5, 0.6) is 0 Å². The van der Waals surface area contributed by atoms with Crippen LogP contribution in [0.4, 0.5) is 28.9 Å². The number of fused-ring (bicyclic) bond motifs is 1. The number of anilines is 2. The van der Waals surface area contributed by atoms with Gasteiger partial charge in [-0.05, 0) is 37.3 Å². The van der Waals surface area contributed by atoms with Crippen molar-refractivity contribution in [2.24, 2.45) is 0 Å². The van der Waals surface area contributed by atoms with E-state index in [0.29, 0.717) is 9.37 Å². The molecule has 2 amide bonds. The van der Waals surface area contributed by atoms with Crippen LogP contribution in [0.2, 0.25) is 0 Å². The van der Waals surface area contributed by atoms with Gasteiger partial charge in [0.05, 0.1) is 23.0 Å². The Morgan fingerprint density at radius 2 is 1.78 bits per heavy atom. The molecule has 1 aliphatic heterocycles. The van der Waals surface area contributed by atoms with Crippen molar-refractivity contribution >= 4 is 39.1 Å². The summed E-state index contributed by atoms with van der Waals surface area (Å²) < 4.78 is 53.6. The van der Waals surface area contributed by atoms with Gasteiger partial charge >= 0.3 is 12.1 Å². The van der Waals surface area contributed by atoms with Crippen LogP contribution < -0.4 is 9.80 Å². The highest BCUT2D eigenvalue weighted by Gasteiger charge is 2.47. The van der Waals surface area contributed by atoms with Gasteiger partial charge in [-0.15, -0.1) is 0 Å². The maximum Gasteiger partial charge on any atom is 0.471 e. The number of nitrogens with zero attached hydrogens (tertiary/aromatic N) is 2. The van der Waals surface area contributed by atoms with Crippen molar-refractivity contribution in [2.45, 2.75) is 19.1 Å². The van der Waals surface area contributed by atoms with Crippen molar-refractivity contribution in [2.75, 3.05) is 16.3 Å². The van der Waals surface area contributed by atoms with E-state index < -0.39 is 29.8 Å². The van der Waals surface area contributed by atoms with E-state index in [9.17, 15) is 27.2 Å². The second-order valence-electron chi connectivity index (χ2n) is 6.05. The summed E-state index contributed by atoms with van der Waals surface area (Å²) in [4.78, 5) is 26.6. The summed E-state index contributed by atoms with van der Waals surface area (Å²) in [5.74, 6) is -3.45. The molecule has 0 N–H and O–H groups in total. The Morgan fingerprint density at radius 3 is 2.41 bits per heavy atom. The molecule has 2 aromatic rings. The fraction of sp³-hybridized carbons (Fsp3) is 0.222. The van der Waals surface area contributed by atoms with Crippen molar-refractivity contribution in [1.29, 1.82) is 0 Å². The first-order valence-electron chi connectivity index (χ1n) is 7.87. The van der Waals surface area contributed by atoms with E-state index in [4.69, 9.17) is 0 Å². The smallest absolute Gasteiger partial charge is 0.304 e. The molecule has 0 saturated carbocycles. The van der Waals surface area contributed by atoms with Gasteiger partial charge in [0.15, 0.2) is 0 Å². The minimum atomic E-state index is -5.06. The van der Waals surface area contributed by atoms with Crippen molar-refractivity contribution in [3.63, 3.8) is 0 Å². The van der Waals surface area contributed by atoms with Gasteiger partial charge in [-0.1, -0.05) is 28.1 Å². The fourth-order valence-corrected chi connectivity index (χ4v) is 3.37. The van der Waals surface area contributed by atoms with Gasteiger partial charge in [0.25, 0.3) is 5.91 Å². The summed E-state index contributed by atoms with van der Waals surface area (Å²) in [5, 5.41) is 0. The van der Waals surface area contributed by atoms with Gasteiger partial charge in [-0.2, -0.15) is 13.2 Å². The van der Waals surface area contributed by atoms with E-state index in [0.717, 1.165) is 6.07 Å². The Labute approximate surface area is 160 Å². The zero-order chi connectivity index (χ0) is 19.9. The summed E-state index contributed by atoms with van der Waals surface area (Å²) in [5.41, 5.74) is -0.177. The molecule has 0 fully saturated rings. The second kappa shape index (κ2) is 6.95. The van der Waals surface area contributed by atoms with Crippen molar-refractivity contribution in [1.82, 2.24) is 0 Å². The number of alkyl halides is 3. The van der Waals surface area contributed by atoms with Gasteiger partial charge in [-0.3, -0.25) is 14.5 Å². The number of carbonyl (C=O) groups excluding carboxylic acids is 2. The third kappa shape index (κ3) is 3.55. The molecule has 0 bridgehead atoms. The number of carbonyl (C=O) groups is 2. The highest BCUT2D eigenvalue weighted by Crippen LogP contribution is 2.40. The largest absolute Gasteiger partial charge is 0.471 e. The molecule has 3 rings (SSSR count). The molecule has 0 aliphatic carbocycles. The van der Waals surface area contributed by atoms with Crippen molar-refractivity contribution < 1.29 is 27.2 Å². The number of rotatable bonds is 1. The second-order valence-corrected chi connectivity index (χ2v) is 6.97. The van der Waals surface area contributed by atoms with Crippen LogP contribution >= 0.6 is 15.9 Å². The fourth-order valence-electron chi connectivity index (χ4n) is 3.02. The topological polar surface area (TPSA) is 40.6 Å². The molecule has 1 heterocycles. The highest BCUT2D eigenvalue weighted by atomic mass is 79.9. The summed E-state index contributed by atoms with van der Waals surface area (Å²) in [7, 11) is 0. The van der Waals surface area contributed by atoms with Crippen molar-refractivity contribution in [3.8, 4) is 0 Å². The van der Waals surface area contributed by atoms with E-state index in [1.54, 1.807) is 0 Å². The van der Waals surface area contributed by atoms with E-state index in [2.05, 4.69) is 15.9 Å².